The quantitative estimate of drug-likeness (QED) is 0.531. The number of anilines is 1. The summed E-state index contributed by atoms with van der Waals surface area (Å²) in [6.45, 7) is 4.95. The lowest BCUT2D eigenvalue weighted by atomic mass is 9.95. The van der Waals surface area contributed by atoms with E-state index in [1.165, 1.54) is 11.3 Å². The van der Waals surface area contributed by atoms with Crippen LogP contribution in [0.15, 0.2) is 60.7 Å². The number of ketones is 1. The van der Waals surface area contributed by atoms with Crippen LogP contribution in [0.1, 0.15) is 41.9 Å². The van der Waals surface area contributed by atoms with Crippen LogP contribution in [0.25, 0.3) is 11.3 Å². The van der Waals surface area contributed by atoms with Crippen molar-refractivity contribution in [3.63, 3.8) is 0 Å². The van der Waals surface area contributed by atoms with E-state index in [2.05, 4.69) is 10.3 Å². The fraction of sp³-hybridized carbons (Fsp3) is 0.308. The summed E-state index contributed by atoms with van der Waals surface area (Å²) in [4.78, 5) is 45.3. The van der Waals surface area contributed by atoms with Crippen molar-refractivity contribution in [3.05, 3.63) is 71.1 Å². The van der Waals surface area contributed by atoms with Crippen LogP contribution in [0.4, 0.5) is 5.13 Å². The van der Waals surface area contributed by atoms with E-state index in [-0.39, 0.29) is 29.4 Å². The highest BCUT2D eigenvalue weighted by atomic mass is 32.1. The number of piperidine rings is 1. The summed E-state index contributed by atoms with van der Waals surface area (Å²) in [5, 5.41) is 3.34. The number of hydrogen-bond donors (Lipinski definition) is 1. The first-order valence-corrected chi connectivity index (χ1v) is 12.0. The number of rotatable bonds is 6. The van der Waals surface area contributed by atoms with Crippen LogP contribution in [0.3, 0.4) is 0 Å². The third-order valence-electron chi connectivity index (χ3n) is 5.82. The van der Waals surface area contributed by atoms with Gasteiger partial charge in [-0.1, -0.05) is 85.8 Å². The highest BCUT2D eigenvalue weighted by Crippen LogP contribution is 2.33. The number of benzene rings is 2. The molecule has 1 aliphatic rings. The lowest BCUT2D eigenvalue weighted by Gasteiger charge is -2.32. The molecule has 2 aromatic carbocycles. The third-order valence-corrected chi connectivity index (χ3v) is 6.79. The Kier molecular flexibility index (Phi) is 6.99. The Hall–Kier alpha value is -3.32. The zero-order chi connectivity index (χ0) is 23.4. The van der Waals surface area contributed by atoms with Crippen LogP contribution >= 0.6 is 11.3 Å². The zero-order valence-electron chi connectivity index (χ0n) is 18.8. The third kappa shape index (κ3) is 5.20. The summed E-state index contributed by atoms with van der Waals surface area (Å²) in [6.07, 6.45) is 1.24. The highest BCUT2D eigenvalue weighted by molar-refractivity contribution is 7.18. The molecule has 1 aliphatic heterocycles. The second kappa shape index (κ2) is 10.1. The SMILES string of the molecule is CC(C)C(=O)N1CCC(C(=O)Nc2nc(-c3ccccc3)c(C(=O)c3ccccc3)s2)CC1. The number of thiazole rings is 1. The van der Waals surface area contributed by atoms with Gasteiger partial charge in [-0.2, -0.15) is 0 Å². The van der Waals surface area contributed by atoms with Crippen LogP contribution in [0, 0.1) is 11.8 Å². The molecule has 0 atom stereocenters. The number of amides is 2. The van der Waals surface area contributed by atoms with Gasteiger partial charge in [0.1, 0.15) is 4.88 Å². The molecule has 6 nitrogen and oxygen atoms in total. The number of carbonyl (C=O) groups is 3. The molecule has 0 unspecified atom stereocenters. The van der Waals surface area contributed by atoms with E-state index in [4.69, 9.17) is 0 Å². The largest absolute Gasteiger partial charge is 0.342 e. The number of nitrogens with zero attached hydrogens (tertiary/aromatic N) is 2. The molecule has 33 heavy (non-hydrogen) atoms. The van der Waals surface area contributed by atoms with E-state index in [0.717, 1.165) is 5.56 Å². The molecule has 1 aromatic heterocycles. The first-order chi connectivity index (χ1) is 15.9. The average Bonchev–Trinajstić information content (AvgIpc) is 3.28. The summed E-state index contributed by atoms with van der Waals surface area (Å²) in [7, 11) is 0. The maximum Gasteiger partial charge on any atom is 0.229 e. The van der Waals surface area contributed by atoms with Crippen molar-refractivity contribution < 1.29 is 14.4 Å². The normalized spacial score (nSPS) is 14.3. The maximum atomic E-state index is 13.2. The van der Waals surface area contributed by atoms with Gasteiger partial charge in [0.05, 0.1) is 5.69 Å². The van der Waals surface area contributed by atoms with Crippen molar-refractivity contribution >= 4 is 34.1 Å². The number of likely N-dealkylation sites (tertiary alicyclic amines) is 1. The molecule has 0 saturated carbocycles. The number of nitrogens with one attached hydrogen (secondary N) is 1. The first-order valence-electron chi connectivity index (χ1n) is 11.2. The Morgan fingerprint density at radius 2 is 1.58 bits per heavy atom. The molecule has 0 aliphatic carbocycles. The molecule has 2 heterocycles. The molecular formula is C26H27N3O3S. The summed E-state index contributed by atoms with van der Waals surface area (Å²) >= 11 is 1.20. The number of aromatic nitrogens is 1. The van der Waals surface area contributed by atoms with Gasteiger partial charge in [0.2, 0.25) is 17.6 Å². The second-order valence-electron chi connectivity index (χ2n) is 8.50. The van der Waals surface area contributed by atoms with Crippen molar-refractivity contribution in [2.75, 3.05) is 18.4 Å². The molecule has 4 rings (SSSR count). The van der Waals surface area contributed by atoms with E-state index in [1.807, 2.05) is 67.3 Å². The minimum Gasteiger partial charge on any atom is -0.342 e. The van der Waals surface area contributed by atoms with Gasteiger partial charge in [0.15, 0.2) is 5.13 Å². The Bertz CT molecular complexity index is 1130. The van der Waals surface area contributed by atoms with Crippen molar-refractivity contribution in [2.45, 2.75) is 26.7 Å². The molecular weight excluding hydrogens is 434 g/mol. The monoisotopic (exact) mass is 461 g/mol. The minimum atomic E-state index is -0.182. The van der Waals surface area contributed by atoms with Crippen molar-refractivity contribution in [3.8, 4) is 11.3 Å². The highest BCUT2D eigenvalue weighted by Gasteiger charge is 2.29. The van der Waals surface area contributed by atoms with E-state index >= 15 is 0 Å². The molecule has 2 amide bonds. The topological polar surface area (TPSA) is 79.4 Å². The van der Waals surface area contributed by atoms with Crippen molar-refractivity contribution in [1.82, 2.24) is 9.88 Å². The van der Waals surface area contributed by atoms with Gasteiger partial charge in [-0.15, -0.1) is 0 Å². The lowest BCUT2D eigenvalue weighted by Crippen LogP contribution is -2.43. The molecule has 0 radical (unpaired) electrons. The molecule has 1 N–H and O–H groups in total. The minimum absolute atomic E-state index is 0.0392. The van der Waals surface area contributed by atoms with E-state index in [9.17, 15) is 14.4 Å². The lowest BCUT2D eigenvalue weighted by molar-refractivity contribution is -0.137. The molecule has 0 spiro atoms. The van der Waals surface area contributed by atoms with Crippen LogP contribution in [-0.2, 0) is 9.59 Å². The smallest absolute Gasteiger partial charge is 0.229 e. The average molecular weight is 462 g/mol. The Labute approximate surface area is 197 Å². The van der Waals surface area contributed by atoms with Gasteiger partial charge in [-0.25, -0.2) is 4.98 Å². The predicted octanol–water partition coefficient (Wildman–Crippen LogP) is 4.87. The van der Waals surface area contributed by atoms with Gasteiger partial charge in [0, 0.05) is 36.1 Å². The van der Waals surface area contributed by atoms with Crippen LogP contribution < -0.4 is 5.32 Å². The molecule has 7 heteroatoms. The number of hydrogen-bond acceptors (Lipinski definition) is 5. The molecule has 0 bridgehead atoms. The maximum absolute atomic E-state index is 13.2. The molecule has 1 saturated heterocycles. The van der Waals surface area contributed by atoms with Crippen LogP contribution in [0.5, 0.6) is 0 Å². The Morgan fingerprint density at radius 1 is 0.970 bits per heavy atom. The van der Waals surface area contributed by atoms with E-state index in [1.54, 1.807) is 12.1 Å². The van der Waals surface area contributed by atoms with Gasteiger partial charge in [-0.05, 0) is 12.8 Å². The number of carbonyl (C=O) groups excluding carboxylic acids is 3. The fourth-order valence-electron chi connectivity index (χ4n) is 3.97. The summed E-state index contributed by atoms with van der Waals surface area (Å²) in [5.41, 5.74) is 1.98. The Morgan fingerprint density at radius 3 is 2.18 bits per heavy atom. The zero-order valence-corrected chi connectivity index (χ0v) is 19.6. The first kappa shape index (κ1) is 22.9. The van der Waals surface area contributed by atoms with E-state index < -0.39 is 0 Å². The molecule has 3 aromatic rings. The molecule has 1 fully saturated rings. The predicted molar refractivity (Wildman–Crippen MR) is 130 cm³/mol. The Balaban J connectivity index is 1.53. The van der Waals surface area contributed by atoms with E-state index in [0.29, 0.717) is 47.2 Å². The summed E-state index contributed by atoms with van der Waals surface area (Å²) < 4.78 is 0. The second-order valence-corrected chi connectivity index (χ2v) is 9.50. The van der Waals surface area contributed by atoms with Gasteiger partial charge < -0.3 is 10.2 Å². The van der Waals surface area contributed by atoms with Gasteiger partial charge in [0.25, 0.3) is 0 Å². The van der Waals surface area contributed by atoms with Crippen LogP contribution in [-0.4, -0.2) is 40.6 Å². The molecule has 170 valence electrons. The summed E-state index contributed by atoms with van der Waals surface area (Å²) in [6, 6.07) is 18.6. The van der Waals surface area contributed by atoms with Crippen LogP contribution in [0.2, 0.25) is 0 Å². The van der Waals surface area contributed by atoms with Crippen molar-refractivity contribution in [1.29, 1.82) is 0 Å². The van der Waals surface area contributed by atoms with Gasteiger partial charge in [-0.3, -0.25) is 14.4 Å². The fourth-order valence-corrected chi connectivity index (χ4v) is 4.93. The van der Waals surface area contributed by atoms with Gasteiger partial charge >= 0.3 is 0 Å². The standard InChI is InChI=1S/C26H27N3O3S/c1-17(2)25(32)29-15-13-20(14-16-29)24(31)28-26-27-21(18-9-5-3-6-10-18)23(33-26)22(30)19-11-7-4-8-12-19/h3-12,17,20H,13-16H2,1-2H3,(H,27,28,31). The van der Waals surface area contributed by atoms with Crippen molar-refractivity contribution in [2.24, 2.45) is 11.8 Å². The summed E-state index contributed by atoms with van der Waals surface area (Å²) in [5.74, 6) is -0.321.